The van der Waals surface area contributed by atoms with Crippen molar-refractivity contribution in [3.8, 4) is 0 Å². The summed E-state index contributed by atoms with van der Waals surface area (Å²) in [5.41, 5.74) is 3.36. The van der Waals surface area contributed by atoms with Crippen LogP contribution in [0.25, 0.3) is 0 Å². The third kappa shape index (κ3) is 5.99. The summed E-state index contributed by atoms with van der Waals surface area (Å²) < 4.78 is 0. The second-order valence-electron chi connectivity index (χ2n) is 8.07. The molecule has 1 aliphatic heterocycles. The Kier molecular flexibility index (Phi) is 8.10. The molecule has 2 amide bonds. The zero-order valence-electron chi connectivity index (χ0n) is 18.7. The van der Waals surface area contributed by atoms with E-state index in [2.05, 4.69) is 29.4 Å². The molecule has 2 N–H and O–H groups in total. The molecule has 3 rings (SSSR count). The van der Waals surface area contributed by atoms with Crippen LogP contribution in [-0.2, 0) is 4.79 Å². The molecule has 1 saturated heterocycles. The Morgan fingerprint density at radius 2 is 1.72 bits per heavy atom. The predicted molar refractivity (Wildman–Crippen MR) is 135 cm³/mol. The molecule has 1 heterocycles. The van der Waals surface area contributed by atoms with E-state index in [0.717, 1.165) is 5.69 Å². The lowest BCUT2D eigenvalue weighted by atomic mass is 10.0. The average molecular weight is 473 g/mol. The molecular weight excluding hydrogens is 444 g/mol. The molecular formula is C24H29ClN4O2S. The van der Waals surface area contributed by atoms with Gasteiger partial charge in [-0.15, -0.1) is 0 Å². The topological polar surface area (TPSA) is 64.7 Å². The van der Waals surface area contributed by atoms with Crippen LogP contribution in [0.3, 0.4) is 0 Å². The lowest BCUT2D eigenvalue weighted by Crippen LogP contribution is -2.48. The first-order valence-corrected chi connectivity index (χ1v) is 11.6. The van der Waals surface area contributed by atoms with Crippen LogP contribution in [0.1, 0.15) is 49.0 Å². The molecule has 2 aromatic carbocycles. The fraction of sp³-hybridized carbons (Fsp3) is 0.375. The Morgan fingerprint density at radius 1 is 1.06 bits per heavy atom. The number of piperazine rings is 1. The van der Waals surface area contributed by atoms with Crippen LogP contribution >= 0.6 is 23.8 Å². The number of nitrogens with zero attached hydrogens (tertiary/aromatic N) is 2. The van der Waals surface area contributed by atoms with Crippen LogP contribution < -0.4 is 15.5 Å². The Balaban J connectivity index is 1.66. The van der Waals surface area contributed by atoms with Gasteiger partial charge in [0, 0.05) is 43.2 Å². The van der Waals surface area contributed by atoms with Gasteiger partial charge in [-0.25, -0.2) is 0 Å². The molecule has 32 heavy (non-hydrogen) atoms. The lowest BCUT2D eigenvalue weighted by Gasteiger charge is -2.37. The summed E-state index contributed by atoms with van der Waals surface area (Å²) in [6.45, 7) is 8.86. The third-order valence-electron chi connectivity index (χ3n) is 5.55. The number of hydrogen-bond donors (Lipinski definition) is 2. The Labute approximate surface area is 199 Å². The van der Waals surface area contributed by atoms with Crippen molar-refractivity contribution >= 4 is 52.1 Å². The molecule has 0 bridgehead atoms. The van der Waals surface area contributed by atoms with Crippen LogP contribution in [0.2, 0.25) is 5.02 Å². The van der Waals surface area contributed by atoms with Gasteiger partial charge in [0.15, 0.2) is 5.11 Å². The van der Waals surface area contributed by atoms with Crippen LogP contribution in [0.4, 0.5) is 11.4 Å². The lowest BCUT2D eigenvalue weighted by molar-refractivity contribution is -0.131. The first kappa shape index (κ1) is 24.0. The molecule has 0 radical (unpaired) electrons. The van der Waals surface area contributed by atoms with Gasteiger partial charge in [0.1, 0.15) is 0 Å². The second kappa shape index (κ2) is 10.8. The van der Waals surface area contributed by atoms with Gasteiger partial charge < -0.3 is 15.1 Å². The number of nitrogens with one attached hydrogen (secondary N) is 2. The molecule has 0 aromatic heterocycles. The van der Waals surface area contributed by atoms with E-state index >= 15 is 0 Å². The summed E-state index contributed by atoms with van der Waals surface area (Å²) in [4.78, 5) is 28.6. The van der Waals surface area contributed by atoms with Gasteiger partial charge in [-0.2, -0.15) is 0 Å². The normalized spacial score (nSPS) is 13.8. The SMILES string of the molecule is CCC(=O)N1CCN(c2ccc(Cl)cc2NC(=S)NC(=O)c2ccc(C(C)C)cc2)CC1. The first-order valence-electron chi connectivity index (χ1n) is 10.8. The van der Waals surface area contributed by atoms with Crippen LogP contribution in [0, 0.1) is 0 Å². The van der Waals surface area contributed by atoms with Gasteiger partial charge >= 0.3 is 0 Å². The maximum absolute atomic E-state index is 12.6. The Morgan fingerprint density at radius 3 is 2.31 bits per heavy atom. The number of thiocarbonyl (C=S) groups is 1. The molecule has 0 aliphatic carbocycles. The molecule has 1 fully saturated rings. The Hall–Kier alpha value is -2.64. The van der Waals surface area contributed by atoms with E-state index in [1.54, 1.807) is 18.2 Å². The van der Waals surface area contributed by atoms with Crippen LogP contribution in [-0.4, -0.2) is 48.0 Å². The number of halogens is 1. The molecule has 170 valence electrons. The zero-order chi connectivity index (χ0) is 23.3. The van der Waals surface area contributed by atoms with Crippen molar-refractivity contribution in [1.82, 2.24) is 10.2 Å². The number of anilines is 2. The van der Waals surface area contributed by atoms with Crippen molar-refractivity contribution in [3.63, 3.8) is 0 Å². The molecule has 0 atom stereocenters. The van der Waals surface area contributed by atoms with Gasteiger partial charge in [-0.3, -0.25) is 14.9 Å². The molecule has 0 unspecified atom stereocenters. The standard InChI is InChI=1S/C24H29ClN4O2S/c1-4-22(30)29-13-11-28(12-14-29)21-10-9-19(25)15-20(21)26-24(32)27-23(31)18-7-5-17(6-8-18)16(2)3/h5-10,15-16H,4,11-14H2,1-3H3,(H2,26,27,31,32). The monoisotopic (exact) mass is 472 g/mol. The number of benzene rings is 2. The molecule has 0 saturated carbocycles. The third-order valence-corrected chi connectivity index (χ3v) is 5.99. The van der Waals surface area contributed by atoms with Crippen molar-refractivity contribution in [2.75, 3.05) is 36.4 Å². The van der Waals surface area contributed by atoms with Gasteiger partial charge in [0.2, 0.25) is 5.91 Å². The minimum absolute atomic E-state index is 0.171. The number of carbonyl (C=O) groups is 2. The number of carbonyl (C=O) groups excluding carboxylic acids is 2. The van der Waals surface area contributed by atoms with Gasteiger partial charge in [-0.05, 0) is 54.0 Å². The van der Waals surface area contributed by atoms with E-state index in [9.17, 15) is 9.59 Å². The van der Waals surface area contributed by atoms with E-state index < -0.39 is 0 Å². The summed E-state index contributed by atoms with van der Waals surface area (Å²) >= 11 is 11.6. The van der Waals surface area contributed by atoms with Crippen molar-refractivity contribution in [3.05, 3.63) is 58.6 Å². The summed E-state index contributed by atoms with van der Waals surface area (Å²) in [5, 5.41) is 6.62. The van der Waals surface area contributed by atoms with E-state index in [0.29, 0.717) is 54.8 Å². The van der Waals surface area contributed by atoms with E-state index in [4.69, 9.17) is 23.8 Å². The summed E-state index contributed by atoms with van der Waals surface area (Å²) in [5.74, 6) is 0.301. The van der Waals surface area contributed by atoms with Crippen molar-refractivity contribution in [1.29, 1.82) is 0 Å². The average Bonchev–Trinajstić information content (AvgIpc) is 2.78. The van der Waals surface area contributed by atoms with E-state index in [1.165, 1.54) is 5.56 Å². The highest BCUT2D eigenvalue weighted by Crippen LogP contribution is 2.30. The second-order valence-corrected chi connectivity index (χ2v) is 8.91. The summed E-state index contributed by atoms with van der Waals surface area (Å²) in [6, 6.07) is 13.0. The van der Waals surface area contributed by atoms with Gasteiger partial charge in [0.25, 0.3) is 5.91 Å². The maximum Gasteiger partial charge on any atom is 0.257 e. The minimum Gasteiger partial charge on any atom is -0.366 e. The quantitative estimate of drug-likeness (QED) is 0.620. The summed E-state index contributed by atoms with van der Waals surface area (Å²) in [7, 11) is 0. The molecule has 1 aliphatic rings. The molecule has 6 nitrogen and oxygen atoms in total. The minimum atomic E-state index is -0.270. The fourth-order valence-electron chi connectivity index (χ4n) is 3.65. The number of rotatable bonds is 5. The first-order chi connectivity index (χ1) is 15.3. The zero-order valence-corrected chi connectivity index (χ0v) is 20.2. The summed E-state index contributed by atoms with van der Waals surface area (Å²) in [6.07, 6.45) is 0.516. The number of amides is 2. The van der Waals surface area contributed by atoms with Gasteiger partial charge in [-0.1, -0.05) is 44.5 Å². The van der Waals surface area contributed by atoms with Crippen molar-refractivity contribution in [2.24, 2.45) is 0 Å². The molecule has 0 spiro atoms. The van der Waals surface area contributed by atoms with E-state index in [-0.39, 0.29) is 16.9 Å². The maximum atomic E-state index is 12.6. The van der Waals surface area contributed by atoms with Gasteiger partial charge in [0.05, 0.1) is 11.4 Å². The smallest absolute Gasteiger partial charge is 0.257 e. The molecule has 8 heteroatoms. The highest BCUT2D eigenvalue weighted by atomic mass is 35.5. The largest absolute Gasteiger partial charge is 0.366 e. The van der Waals surface area contributed by atoms with Crippen molar-refractivity contribution in [2.45, 2.75) is 33.1 Å². The predicted octanol–water partition coefficient (Wildman–Crippen LogP) is 4.65. The van der Waals surface area contributed by atoms with E-state index in [1.807, 2.05) is 36.1 Å². The van der Waals surface area contributed by atoms with Crippen LogP contribution in [0.15, 0.2) is 42.5 Å². The highest BCUT2D eigenvalue weighted by Gasteiger charge is 2.22. The van der Waals surface area contributed by atoms with Crippen molar-refractivity contribution < 1.29 is 9.59 Å². The van der Waals surface area contributed by atoms with Crippen LogP contribution in [0.5, 0.6) is 0 Å². The Bertz CT molecular complexity index is 986. The number of hydrogen-bond acceptors (Lipinski definition) is 4. The fourth-order valence-corrected chi connectivity index (χ4v) is 4.03. The highest BCUT2D eigenvalue weighted by molar-refractivity contribution is 7.80. The molecule has 2 aromatic rings.